The van der Waals surface area contributed by atoms with Crippen molar-refractivity contribution in [3.8, 4) is 0 Å². The smallest absolute Gasteiger partial charge is 0.305 e. The minimum absolute atomic E-state index is 0.0316. The number of carboxylic acids is 1. The fraction of sp³-hybridized carbons (Fsp3) is 0.714. The molecule has 1 aliphatic heterocycles. The molecule has 5 heteroatoms. The van der Waals surface area contributed by atoms with Gasteiger partial charge in [-0.3, -0.25) is 14.4 Å². The van der Waals surface area contributed by atoms with Crippen LogP contribution in [0.15, 0.2) is 12.4 Å². The summed E-state index contributed by atoms with van der Waals surface area (Å²) in [6.07, 6.45) is 8.81. The number of nitrogens with zero attached hydrogens (tertiary/aromatic N) is 3. The molecule has 1 N–H and O–H groups in total. The number of hydrogen-bond donors (Lipinski definition) is 1. The molecule has 1 aromatic rings. The van der Waals surface area contributed by atoms with Crippen molar-refractivity contribution >= 4 is 5.97 Å². The first-order valence-corrected chi connectivity index (χ1v) is 7.19. The van der Waals surface area contributed by atoms with Crippen LogP contribution < -0.4 is 0 Å². The van der Waals surface area contributed by atoms with Gasteiger partial charge in [-0.2, -0.15) is 5.10 Å². The fourth-order valence-electron chi connectivity index (χ4n) is 2.75. The Labute approximate surface area is 114 Å². The molecule has 0 spiro atoms. The van der Waals surface area contributed by atoms with E-state index >= 15 is 0 Å². The molecule has 1 fully saturated rings. The molecule has 1 saturated heterocycles. The molecule has 1 atom stereocenters. The van der Waals surface area contributed by atoms with Crippen LogP contribution in [0.25, 0.3) is 0 Å². The molecule has 2 rings (SSSR count). The highest BCUT2D eigenvalue weighted by molar-refractivity contribution is 5.67. The van der Waals surface area contributed by atoms with Crippen molar-refractivity contribution in [1.29, 1.82) is 0 Å². The zero-order valence-corrected chi connectivity index (χ0v) is 11.6. The monoisotopic (exact) mass is 265 g/mol. The maximum absolute atomic E-state index is 11.1. The predicted molar refractivity (Wildman–Crippen MR) is 72.9 cm³/mol. The number of carboxylic acid groups (broad SMARTS) is 1. The Morgan fingerprint density at radius 2 is 2.05 bits per heavy atom. The van der Waals surface area contributed by atoms with Crippen LogP contribution in [0.2, 0.25) is 0 Å². The minimum Gasteiger partial charge on any atom is -0.481 e. The third-order valence-corrected chi connectivity index (χ3v) is 3.81. The van der Waals surface area contributed by atoms with Gasteiger partial charge in [0.05, 0.1) is 12.6 Å². The van der Waals surface area contributed by atoms with Crippen LogP contribution in [0.1, 0.15) is 50.6 Å². The molecule has 1 aliphatic rings. The van der Waals surface area contributed by atoms with Gasteiger partial charge in [-0.05, 0) is 32.9 Å². The zero-order valence-electron chi connectivity index (χ0n) is 11.6. The highest BCUT2D eigenvalue weighted by Gasteiger charge is 2.25. The normalized spacial score (nSPS) is 19.0. The molecular weight excluding hydrogens is 242 g/mol. The van der Waals surface area contributed by atoms with E-state index in [0.29, 0.717) is 0 Å². The molecular formula is C14H23N3O2. The lowest BCUT2D eigenvalue weighted by molar-refractivity contribution is -0.138. The largest absolute Gasteiger partial charge is 0.481 e. The first-order valence-electron chi connectivity index (χ1n) is 7.19. The Bertz CT molecular complexity index is 409. The standard InChI is InChI=1S/C14H23N3O2/c1-2-17-11-12(10-15-17)13(9-14(18)19)16-7-5-3-4-6-8-16/h10-11,13H,2-9H2,1H3,(H,18,19). The van der Waals surface area contributed by atoms with E-state index in [4.69, 9.17) is 5.11 Å². The van der Waals surface area contributed by atoms with Gasteiger partial charge >= 0.3 is 5.97 Å². The topological polar surface area (TPSA) is 58.4 Å². The molecule has 0 aromatic carbocycles. The van der Waals surface area contributed by atoms with Gasteiger partial charge in [-0.15, -0.1) is 0 Å². The number of likely N-dealkylation sites (tertiary alicyclic amines) is 1. The van der Waals surface area contributed by atoms with E-state index in [1.54, 1.807) is 0 Å². The van der Waals surface area contributed by atoms with Crippen molar-refractivity contribution in [2.45, 2.75) is 51.6 Å². The first-order chi connectivity index (χ1) is 9.20. The number of aryl methyl sites for hydroxylation is 1. The molecule has 2 heterocycles. The summed E-state index contributed by atoms with van der Waals surface area (Å²) in [7, 11) is 0. The SMILES string of the molecule is CCn1cc(C(CC(=O)O)N2CCCCCC2)cn1. The third-order valence-electron chi connectivity index (χ3n) is 3.81. The Morgan fingerprint density at radius 3 is 2.58 bits per heavy atom. The molecule has 106 valence electrons. The van der Waals surface area contributed by atoms with Crippen molar-refractivity contribution in [1.82, 2.24) is 14.7 Å². The van der Waals surface area contributed by atoms with E-state index < -0.39 is 5.97 Å². The molecule has 0 saturated carbocycles. The average molecular weight is 265 g/mol. The van der Waals surface area contributed by atoms with Crippen LogP contribution in [0.4, 0.5) is 0 Å². The highest BCUT2D eigenvalue weighted by Crippen LogP contribution is 2.27. The van der Waals surface area contributed by atoms with E-state index in [0.717, 1.165) is 38.0 Å². The van der Waals surface area contributed by atoms with E-state index in [1.807, 2.05) is 24.0 Å². The molecule has 0 aliphatic carbocycles. The van der Waals surface area contributed by atoms with Crippen molar-refractivity contribution in [2.24, 2.45) is 0 Å². The third kappa shape index (κ3) is 3.80. The van der Waals surface area contributed by atoms with Crippen molar-refractivity contribution < 1.29 is 9.90 Å². The minimum atomic E-state index is -0.738. The second-order valence-corrected chi connectivity index (χ2v) is 5.19. The molecule has 0 bridgehead atoms. The maximum atomic E-state index is 11.1. The van der Waals surface area contributed by atoms with Crippen molar-refractivity contribution in [2.75, 3.05) is 13.1 Å². The Morgan fingerprint density at radius 1 is 1.37 bits per heavy atom. The average Bonchev–Trinajstić information content (AvgIpc) is 2.70. The summed E-state index contributed by atoms with van der Waals surface area (Å²) in [6.45, 7) is 4.85. The number of aliphatic carboxylic acids is 1. The summed E-state index contributed by atoms with van der Waals surface area (Å²) in [6, 6.07) is -0.0316. The van der Waals surface area contributed by atoms with Gasteiger partial charge in [0.25, 0.3) is 0 Å². The summed E-state index contributed by atoms with van der Waals surface area (Å²) in [5, 5.41) is 13.4. The Hall–Kier alpha value is -1.36. The van der Waals surface area contributed by atoms with E-state index in [-0.39, 0.29) is 12.5 Å². The summed E-state index contributed by atoms with van der Waals surface area (Å²) in [5.41, 5.74) is 1.03. The predicted octanol–water partition coefficient (Wildman–Crippen LogP) is 2.29. The quantitative estimate of drug-likeness (QED) is 0.887. The fourth-order valence-corrected chi connectivity index (χ4v) is 2.75. The Kier molecular flexibility index (Phi) is 4.96. The van der Waals surface area contributed by atoms with Crippen LogP contribution in [0, 0.1) is 0 Å². The van der Waals surface area contributed by atoms with Crippen LogP contribution in [0.5, 0.6) is 0 Å². The lowest BCUT2D eigenvalue weighted by Crippen LogP contribution is -2.31. The molecule has 19 heavy (non-hydrogen) atoms. The van der Waals surface area contributed by atoms with E-state index in [1.165, 1.54) is 12.8 Å². The first kappa shape index (κ1) is 14.1. The Balaban J connectivity index is 2.15. The number of carbonyl (C=O) groups is 1. The van der Waals surface area contributed by atoms with E-state index in [2.05, 4.69) is 10.00 Å². The zero-order chi connectivity index (χ0) is 13.7. The summed E-state index contributed by atoms with van der Waals surface area (Å²) in [4.78, 5) is 13.5. The number of rotatable bonds is 5. The number of hydrogen-bond acceptors (Lipinski definition) is 3. The van der Waals surface area contributed by atoms with Gasteiger partial charge in [0.1, 0.15) is 0 Å². The van der Waals surface area contributed by atoms with Crippen LogP contribution in [-0.4, -0.2) is 38.8 Å². The maximum Gasteiger partial charge on any atom is 0.305 e. The second kappa shape index (κ2) is 6.70. The van der Waals surface area contributed by atoms with Crippen molar-refractivity contribution in [3.05, 3.63) is 18.0 Å². The van der Waals surface area contributed by atoms with Crippen molar-refractivity contribution in [3.63, 3.8) is 0 Å². The summed E-state index contributed by atoms with van der Waals surface area (Å²) in [5.74, 6) is -0.738. The molecule has 1 unspecified atom stereocenters. The van der Waals surface area contributed by atoms with Gasteiger partial charge in [0.15, 0.2) is 0 Å². The van der Waals surface area contributed by atoms with Crippen LogP contribution in [0.3, 0.4) is 0 Å². The van der Waals surface area contributed by atoms with Gasteiger partial charge in [-0.25, -0.2) is 0 Å². The highest BCUT2D eigenvalue weighted by atomic mass is 16.4. The summed E-state index contributed by atoms with van der Waals surface area (Å²) >= 11 is 0. The summed E-state index contributed by atoms with van der Waals surface area (Å²) < 4.78 is 1.86. The van der Waals surface area contributed by atoms with Crippen LogP contribution in [-0.2, 0) is 11.3 Å². The lowest BCUT2D eigenvalue weighted by atomic mass is 10.1. The molecule has 5 nitrogen and oxygen atoms in total. The van der Waals surface area contributed by atoms with Gasteiger partial charge < -0.3 is 5.11 Å². The van der Waals surface area contributed by atoms with Crippen LogP contribution >= 0.6 is 0 Å². The number of aromatic nitrogens is 2. The lowest BCUT2D eigenvalue weighted by Gasteiger charge is -2.28. The molecule has 1 aromatic heterocycles. The molecule has 0 radical (unpaired) electrons. The molecule has 0 amide bonds. The van der Waals surface area contributed by atoms with Gasteiger partial charge in [-0.1, -0.05) is 12.8 Å². The second-order valence-electron chi connectivity index (χ2n) is 5.19. The van der Waals surface area contributed by atoms with Gasteiger partial charge in [0.2, 0.25) is 0 Å². The van der Waals surface area contributed by atoms with Gasteiger partial charge in [0, 0.05) is 24.3 Å². The van der Waals surface area contributed by atoms with E-state index in [9.17, 15) is 4.79 Å².